The molecule has 3 aliphatic rings. The first-order chi connectivity index (χ1) is 18.4. The van der Waals surface area contributed by atoms with Crippen LogP contribution in [0.15, 0.2) is 72.8 Å². The van der Waals surface area contributed by atoms with Gasteiger partial charge in [0.1, 0.15) is 17.5 Å². The van der Waals surface area contributed by atoms with E-state index in [9.17, 15) is 14.4 Å². The Morgan fingerprint density at radius 1 is 0.895 bits per heavy atom. The molecule has 6 rings (SSSR count). The largest absolute Gasteiger partial charge is 0.497 e. The van der Waals surface area contributed by atoms with Crippen LogP contribution in [0, 0.1) is 18.8 Å². The summed E-state index contributed by atoms with van der Waals surface area (Å²) in [7, 11) is 3.06. The molecule has 2 saturated heterocycles. The van der Waals surface area contributed by atoms with E-state index in [-0.39, 0.29) is 11.8 Å². The number of hydrogen-bond donors (Lipinski definition) is 1. The highest BCUT2D eigenvalue weighted by Crippen LogP contribution is 2.49. The number of aryl methyl sites for hydroxylation is 1. The third-order valence-corrected chi connectivity index (χ3v) is 7.64. The lowest BCUT2D eigenvalue weighted by molar-refractivity contribution is -0.126. The summed E-state index contributed by atoms with van der Waals surface area (Å²) in [5, 5.41) is 2.96. The second-order valence-electron chi connectivity index (χ2n) is 9.72. The van der Waals surface area contributed by atoms with E-state index in [1.807, 2.05) is 60.4 Å². The van der Waals surface area contributed by atoms with Crippen LogP contribution < -0.4 is 24.6 Å². The quantitative estimate of drug-likeness (QED) is 0.523. The minimum atomic E-state index is -0.918. The Bertz CT molecular complexity index is 1480. The van der Waals surface area contributed by atoms with Crippen molar-refractivity contribution in [2.75, 3.05) is 29.3 Å². The van der Waals surface area contributed by atoms with Gasteiger partial charge in [0.05, 0.1) is 43.5 Å². The van der Waals surface area contributed by atoms with Crippen molar-refractivity contribution in [1.82, 2.24) is 0 Å². The molecule has 4 unspecified atom stereocenters. The molecular weight excluding hydrogens is 482 g/mol. The highest BCUT2D eigenvalue weighted by Gasteiger charge is 2.64. The van der Waals surface area contributed by atoms with E-state index in [0.29, 0.717) is 22.9 Å². The van der Waals surface area contributed by atoms with Crippen LogP contribution in [0.2, 0.25) is 0 Å². The van der Waals surface area contributed by atoms with E-state index in [0.717, 1.165) is 16.8 Å². The number of carbonyl (C=O) groups excluding carboxylic acids is 3. The first kappa shape index (κ1) is 23.8. The molecule has 3 heterocycles. The molecule has 0 radical (unpaired) electrons. The van der Waals surface area contributed by atoms with Gasteiger partial charge in [0.25, 0.3) is 0 Å². The van der Waals surface area contributed by atoms with Crippen molar-refractivity contribution in [2.24, 2.45) is 11.8 Å². The normalized spacial score (nSPS) is 23.1. The van der Waals surface area contributed by atoms with E-state index in [1.165, 1.54) is 12.0 Å². The number of methoxy groups -OCH3 is 2. The molecule has 0 aromatic heterocycles. The van der Waals surface area contributed by atoms with Crippen molar-refractivity contribution in [3.8, 4) is 11.5 Å². The van der Waals surface area contributed by atoms with E-state index < -0.39 is 29.8 Å². The summed E-state index contributed by atoms with van der Waals surface area (Å²) in [6, 6.07) is 18.7. The van der Waals surface area contributed by atoms with Gasteiger partial charge in [-0.15, -0.1) is 0 Å². The van der Waals surface area contributed by atoms with Crippen molar-refractivity contribution in [1.29, 1.82) is 0 Å². The number of fused-ring (bicyclic) bond motifs is 5. The fourth-order valence-corrected chi connectivity index (χ4v) is 5.88. The number of benzene rings is 3. The van der Waals surface area contributed by atoms with E-state index in [4.69, 9.17) is 9.47 Å². The van der Waals surface area contributed by atoms with E-state index in [2.05, 4.69) is 5.32 Å². The number of rotatable bonds is 5. The molecular formula is C30H27N3O5. The molecule has 0 aliphatic carbocycles. The molecule has 3 amide bonds. The lowest BCUT2D eigenvalue weighted by Crippen LogP contribution is -2.50. The Balaban J connectivity index is 1.44. The Morgan fingerprint density at radius 2 is 1.63 bits per heavy atom. The molecule has 3 aliphatic heterocycles. The molecule has 8 heteroatoms. The summed E-state index contributed by atoms with van der Waals surface area (Å²) in [4.78, 5) is 45.0. The molecule has 0 saturated carbocycles. The molecule has 2 fully saturated rings. The summed E-state index contributed by atoms with van der Waals surface area (Å²) in [6.07, 6.45) is 3.90. The highest BCUT2D eigenvalue weighted by molar-refractivity contribution is 6.25. The molecule has 38 heavy (non-hydrogen) atoms. The SMILES string of the molecule is COc1ccc(OC)c(NC(=O)C2C3C(=O)N(c4ccc(C)cc4)C(=O)C3C3C=Cc4ccccc4N32)c1. The average molecular weight is 510 g/mol. The Morgan fingerprint density at radius 3 is 2.37 bits per heavy atom. The summed E-state index contributed by atoms with van der Waals surface area (Å²) < 4.78 is 10.8. The van der Waals surface area contributed by atoms with Crippen molar-refractivity contribution in [3.63, 3.8) is 0 Å². The van der Waals surface area contributed by atoms with Crippen LogP contribution in [0.1, 0.15) is 11.1 Å². The minimum absolute atomic E-state index is 0.294. The van der Waals surface area contributed by atoms with Gasteiger partial charge in [-0.25, -0.2) is 4.90 Å². The van der Waals surface area contributed by atoms with Gasteiger partial charge >= 0.3 is 0 Å². The molecule has 3 aromatic carbocycles. The van der Waals surface area contributed by atoms with Gasteiger partial charge in [0.15, 0.2) is 0 Å². The zero-order valence-electron chi connectivity index (χ0n) is 21.3. The highest BCUT2D eigenvalue weighted by atomic mass is 16.5. The van der Waals surface area contributed by atoms with Crippen LogP contribution >= 0.6 is 0 Å². The van der Waals surface area contributed by atoms with E-state index in [1.54, 1.807) is 37.4 Å². The number of nitrogens with one attached hydrogen (secondary N) is 1. The maximum atomic E-state index is 14.1. The van der Waals surface area contributed by atoms with Gasteiger partial charge in [-0.05, 0) is 42.8 Å². The molecule has 0 bridgehead atoms. The standard InChI is InChI=1S/C30H27N3O5/c1-17-8-11-19(12-9-17)32-29(35)25-23-14-10-18-6-4-5-7-22(18)33(23)27(26(25)30(32)36)28(34)31-21-16-20(37-2)13-15-24(21)38-3/h4-16,23,25-27H,1-3H3,(H,31,34). The number of ether oxygens (including phenoxy) is 2. The third-order valence-electron chi connectivity index (χ3n) is 7.64. The fraction of sp³-hybridized carbons (Fsp3) is 0.233. The van der Waals surface area contributed by atoms with E-state index >= 15 is 0 Å². The van der Waals surface area contributed by atoms with Crippen LogP contribution in [-0.4, -0.2) is 44.0 Å². The van der Waals surface area contributed by atoms with Gasteiger partial charge in [-0.1, -0.05) is 48.0 Å². The van der Waals surface area contributed by atoms with Gasteiger partial charge in [-0.2, -0.15) is 0 Å². The predicted octanol–water partition coefficient (Wildman–Crippen LogP) is 4.04. The maximum absolute atomic E-state index is 14.1. The number of hydrogen-bond acceptors (Lipinski definition) is 6. The molecule has 8 nitrogen and oxygen atoms in total. The van der Waals surface area contributed by atoms with Gasteiger partial charge in [0.2, 0.25) is 17.7 Å². The number of imide groups is 1. The zero-order valence-corrected chi connectivity index (χ0v) is 21.3. The van der Waals surface area contributed by atoms with Crippen molar-refractivity contribution in [3.05, 3.63) is 83.9 Å². The van der Waals surface area contributed by atoms with Crippen LogP contribution in [0.4, 0.5) is 17.1 Å². The van der Waals surface area contributed by atoms with Crippen molar-refractivity contribution < 1.29 is 23.9 Å². The first-order valence-electron chi connectivity index (χ1n) is 12.5. The van der Waals surface area contributed by atoms with Crippen molar-refractivity contribution >= 4 is 40.9 Å². The Hall–Kier alpha value is -4.59. The maximum Gasteiger partial charge on any atom is 0.248 e. The second kappa shape index (κ2) is 9.06. The van der Waals surface area contributed by atoms with Crippen LogP contribution in [-0.2, 0) is 14.4 Å². The number of para-hydroxylation sites is 1. The lowest BCUT2D eigenvalue weighted by atomic mass is 9.88. The van der Waals surface area contributed by atoms with Gasteiger partial charge < -0.3 is 19.7 Å². The second-order valence-corrected chi connectivity index (χ2v) is 9.72. The zero-order chi connectivity index (χ0) is 26.6. The first-order valence-corrected chi connectivity index (χ1v) is 12.5. The molecule has 0 spiro atoms. The summed E-state index contributed by atoms with van der Waals surface area (Å²) in [5.74, 6) is -1.62. The summed E-state index contributed by atoms with van der Waals surface area (Å²) in [5.41, 5.74) is 3.70. The smallest absolute Gasteiger partial charge is 0.248 e. The van der Waals surface area contributed by atoms with Gasteiger partial charge in [0, 0.05) is 11.8 Å². The summed E-state index contributed by atoms with van der Waals surface area (Å²) >= 11 is 0. The van der Waals surface area contributed by atoms with Crippen LogP contribution in [0.3, 0.4) is 0 Å². The predicted molar refractivity (Wildman–Crippen MR) is 144 cm³/mol. The number of carbonyl (C=O) groups is 3. The monoisotopic (exact) mass is 509 g/mol. The minimum Gasteiger partial charge on any atom is -0.497 e. The number of nitrogens with zero attached hydrogens (tertiary/aromatic N) is 2. The third kappa shape index (κ3) is 3.55. The Kier molecular flexibility index (Phi) is 5.67. The summed E-state index contributed by atoms with van der Waals surface area (Å²) in [6.45, 7) is 1.95. The number of amides is 3. The Labute approximate surface area is 220 Å². The van der Waals surface area contributed by atoms with Crippen molar-refractivity contribution in [2.45, 2.75) is 19.0 Å². The molecule has 3 aromatic rings. The van der Waals surface area contributed by atoms with Crippen LogP contribution in [0.25, 0.3) is 6.08 Å². The number of anilines is 3. The topological polar surface area (TPSA) is 88.2 Å². The fourth-order valence-electron chi connectivity index (χ4n) is 5.88. The van der Waals surface area contributed by atoms with Gasteiger partial charge in [-0.3, -0.25) is 14.4 Å². The molecule has 4 atom stereocenters. The molecule has 1 N–H and O–H groups in total. The van der Waals surface area contributed by atoms with Crippen LogP contribution in [0.5, 0.6) is 11.5 Å². The average Bonchev–Trinajstić information content (AvgIpc) is 3.42. The lowest BCUT2D eigenvalue weighted by Gasteiger charge is -2.36. The molecule has 192 valence electrons.